The average molecular weight is 149 g/mol. The van der Waals surface area contributed by atoms with E-state index in [4.69, 9.17) is 9.47 Å². The average Bonchev–Trinajstić information content (AvgIpc) is 1.63. The van der Waals surface area contributed by atoms with E-state index in [2.05, 4.69) is 0 Å². The van der Waals surface area contributed by atoms with Crippen LogP contribution in [0, 0.1) is 0 Å². The van der Waals surface area contributed by atoms with Crippen LogP contribution in [0.2, 0.25) is 0 Å². The largest absolute Gasteiger partial charge is 0.460 e. The lowest BCUT2D eigenvalue weighted by Gasteiger charge is -2.08. The summed E-state index contributed by atoms with van der Waals surface area (Å²) in [5.74, 6) is -0.264. The molecule has 0 aliphatic heterocycles. The second-order valence-corrected chi connectivity index (χ2v) is 1.88. The molecule has 0 saturated heterocycles. The number of methoxy groups -OCH3 is 1. The van der Waals surface area contributed by atoms with Gasteiger partial charge in [0.05, 0.1) is 6.61 Å². The van der Waals surface area contributed by atoms with Crippen molar-refractivity contribution in [2.75, 3.05) is 13.7 Å². The van der Waals surface area contributed by atoms with Crippen molar-refractivity contribution in [2.45, 2.75) is 20.0 Å². The molecule has 0 aliphatic rings. The lowest BCUT2D eigenvalue weighted by Crippen LogP contribution is -2.17. The molecule has 62 valence electrons. The van der Waals surface area contributed by atoms with Crippen molar-refractivity contribution in [2.24, 2.45) is 0 Å². The first kappa shape index (κ1) is 12.1. The summed E-state index contributed by atoms with van der Waals surface area (Å²) in [6.07, 6.45) is -0.132. The normalized spacial score (nSPS) is 11.5. The number of hydrogen-bond donors (Lipinski definition) is 1. The molecule has 0 saturated carbocycles. The molecular formula is C6H15NO3. The van der Waals surface area contributed by atoms with Gasteiger partial charge in [0.15, 0.2) is 0 Å². The van der Waals surface area contributed by atoms with Crippen LogP contribution in [0.5, 0.6) is 0 Å². The highest BCUT2D eigenvalue weighted by molar-refractivity contribution is 5.66. The molecule has 0 aliphatic carbocycles. The number of hydrogen-bond acceptors (Lipinski definition) is 4. The Labute approximate surface area is 61.1 Å². The van der Waals surface area contributed by atoms with Crippen LogP contribution in [0.3, 0.4) is 0 Å². The zero-order chi connectivity index (χ0) is 7.28. The summed E-state index contributed by atoms with van der Waals surface area (Å²) in [4.78, 5) is 10.3. The van der Waals surface area contributed by atoms with Crippen LogP contribution >= 0.6 is 0 Å². The number of carbonyl (C=O) groups excluding carboxylic acids is 1. The third-order valence-corrected chi connectivity index (χ3v) is 0.769. The standard InChI is InChI=1S/C6H12O3.H3N/c1-5(4-8-3)9-6(2)7;/h5H,4H2,1-3H3;1H3. The fourth-order valence-corrected chi connectivity index (χ4v) is 0.552. The van der Waals surface area contributed by atoms with Crippen LogP contribution in [-0.4, -0.2) is 25.8 Å². The summed E-state index contributed by atoms with van der Waals surface area (Å²) in [5, 5.41) is 0. The predicted octanol–water partition coefficient (Wildman–Crippen LogP) is 0.746. The van der Waals surface area contributed by atoms with E-state index >= 15 is 0 Å². The molecule has 4 heteroatoms. The van der Waals surface area contributed by atoms with Gasteiger partial charge in [0.1, 0.15) is 6.10 Å². The summed E-state index contributed by atoms with van der Waals surface area (Å²) in [7, 11) is 1.57. The molecular weight excluding hydrogens is 134 g/mol. The van der Waals surface area contributed by atoms with Gasteiger partial charge in [-0.05, 0) is 6.92 Å². The summed E-state index contributed by atoms with van der Waals surface area (Å²) in [6.45, 7) is 3.62. The number of esters is 1. The van der Waals surface area contributed by atoms with Gasteiger partial charge in [-0.15, -0.1) is 0 Å². The smallest absolute Gasteiger partial charge is 0.302 e. The Morgan fingerprint density at radius 3 is 2.40 bits per heavy atom. The third kappa shape index (κ3) is 7.39. The molecule has 0 amide bonds. The van der Waals surface area contributed by atoms with Gasteiger partial charge in [-0.2, -0.15) is 0 Å². The maximum atomic E-state index is 10.3. The Morgan fingerprint density at radius 1 is 1.60 bits per heavy atom. The van der Waals surface area contributed by atoms with Crippen molar-refractivity contribution < 1.29 is 14.3 Å². The lowest BCUT2D eigenvalue weighted by molar-refractivity contribution is -0.147. The van der Waals surface area contributed by atoms with E-state index in [-0.39, 0.29) is 18.2 Å². The van der Waals surface area contributed by atoms with Gasteiger partial charge in [0, 0.05) is 14.0 Å². The highest BCUT2D eigenvalue weighted by atomic mass is 16.6. The fraction of sp³-hybridized carbons (Fsp3) is 0.833. The quantitative estimate of drug-likeness (QED) is 0.601. The molecule has 0 heterocycles. The Balaban J connectivity index is 0. The molecule has 0 rings (SSSR count). The minimum atomic E-state index is -0.264. The summed E-state index contributed by atoms with van der Waals surface area (Å²) in [5.41, 5.74) is 0. The van der Waals surface area contributed by atoms with Crippen LogP contribution in [0.1, 0.15) is 13.8 Å². The fourth-order valence-electron chi connectivity index (χ4n) is 0.552. The van der Waals surface area contributed by atoms with Gasteiger partial charge in [0.25, 0.3) is 0 Å². The number of carbonyl (C=O) groups is 1. The van der Waals surface area contributed by atoms with Crippen molar-refractivity contribution >= 4 is 5.97 Å². The van der Waals surface area contributed by atoms with Gasteiger partial charge in [-0.3, -0.25) is 4.79 Å². The second-order valence-electron chi connectivity index (χ2n) is 1.88. The van der Waals surface area contributed by atoms with Crippen LogP contribution in [-0.2, 0) is 14.3 Å². The molecule has 0 aromatic carbocycles. The molecule has 0 aromatic heterocycles. The first-order valence-corrected chi connectivity index (χ1v) is 2.83. The number of rotatable bonds is 3. The molecule has 0 fully saturated rings. The summed E-state index contributed by atoms with van der Waals surface area (Å²) < 4.78 is 9.45. The minimum Gasteiger partial charge on any atom is -0.460 e. The van der Waals surface area contributed by atoms with E-state index in [0.29, 0.717) is 6.61 Å². The molecule has 4 nitrogen and oxygen atoms in total. The zero-order valence-electron chi connectivity index (χ0n) is 6.72. The number of ether oxygens (including phenoxy) is 2. The van der Waals surface area contributed by atoms with E-state index in [1.165, 1.54) is 6.92 Å². The highest BCUT2D eigenvalue weighted by Crippen LogP contribution is 1.90. The minimum absolute atomic E-state index is 0. The van der Waals surface area contributed by atoms with Crippen molar-refractivity contribution in [1.82, 2.24) is 6.15 Å². The maximum absolute atomic E-state index is 10.3. The monoisotopic (exact) mass is 149 g/mol. The molecule has 3 N–H and O–H groups in total. The van der Waals surface area contributed by atoms with E-state index in [9.17, 15) is 4.79 Å². The van der Waals surface area contributed by atoms with E-state index < -0.39 is 0 Å². The van der Waals surface area contributed by atoms with Crippen LogP contribution < -0.4 is 6.15 Å². The van der Waals surface area contributed by atoms with Crippen molar-refractivity contribution in [3.63, 3.8) is 0 Å². The van der Waals surface area contributed by atoms with Crippen LogP contribution in [0.15, 0.2) is 0 Å². The predicted molar refractivity (Wildman–Crippen MR) is 38.1 cm³/mol. The van der Waals surface area contributed by atoms with E-state index in [1.54, 1.807) is 14.0 Å². The topological polar surface area (TPSA) is 70.5 Å². The van der Waals surface area contributed by atoms with Crippen LogP contribution in [0.4, 0.5) is 0 Å². The SMILES string of the molecule is COCC(C)OC(C)=O.N. The lowest BCUT2D eigenvalue weighted by atomic mass is 10.4. The van der Waals surface area contributed by atoms with Gasteiger partial charge in [0.2, 0.25) is 0 Å². The Hall–Kier alpha value is -0.610. The highest BCUT2D eigenvalue weighted by Gasteiger charge is 2.02. The van der Waals surface area contributed by atoms with Gasteiger partial charge in [-0.1, -0.05) is 0 Å². The van der Waals surface area contributed by atoms with E-state index in [1.807, 2.05) is 0 Å². The van der Waals surface area contributed by atoms with E-state index in [0.717, 1.165) is 0 Å². The molecule has 10 heavy (non-hydrogen) atoms. The first-order valence-electron chi connectivity index (χ1n) is 2.83. The molecule has 1 unspecified atom stereocenters. The Kier molecular flexibility index (Phi) is 7.88. The summed E-state index contributed by atoms with van der Waals surface area (Å²) >= 11 is 0. The molecule has 0 bridgehead atoms. The van der Waals surface area contributed by atoms with Gasteiger partial charge >= 0.3 is 5.97 Å². The Bertz CT molecular complexity index is 95.0. The summed E-state index contributed by atoms with van der Waals surface area (Å²) in [6, 6.07) is 0. The zero-order valence-corrected chi connectivity index (χ0v) is 6.72. The second kappa shape index (κ2) is 6.51. The molecule has 0 radical (unpaired) electrons. The third-order valence-electron chi connectivity index (χ3n) is 0.769. The van der Waals surface area contributed by atoms with Crippen molar-refractivity contribution in [3.8, 4) is 0 Å². The van der Waals surface area contributed by atoms with Crippen molar-refractivity contribution in [3.05, 3.63) is 0 Å². The molecule has 1 atom stereocenters. The van der Waals surface area contributed by atoms with Crippen LogP contribution in [0.25, 0.3) is 0 Å². The maximum Gasteiger partial charge on any atom is 0.302 e. The van der Waals surface area contributed by atoms with Crippen molar-refractivity contribution in [1.29, 1.82) is 0 Å². The molecule has 0 aromatic rings. The molecule has 0 spiro atoms. The Morgan fingerprint density at radius 2 is 2.10 bits per heavy atom. The first-order chi connectivity index (χ1) is 4.16. The van der Waals surface area contributed by atoms with Gasteiger partial charge < -0.3 is 15.6 Å². The van der Waals surface area contributed by atoms with Gasteiger partial charge in [-0.25, -0.2) is 0 Å².